The Labute approximate surface area is 156 Å². The summed E-state index contributed by atoms with van der Waals surface area (Å²) in [5.41, 5.74) is 1.78. The summed E-state index contributed by atoms with van der Waals surface area (Å²) in [4.78, 5) is 17.0. The molecule has 1 N–H and O–H groups in total. The van der Waals surface area contributed by atoms with Gasteiger partial charge in [-0.3, -0.25) is 14.6 Å². The number of benzene rings is 1. The fraction of sp³-hybridized carbons (Fsp3) is 0.444. The van der Waals surface area contributed by atoms with Gasteiger partial charge in [-0.1, -0.05) is 21.1 Å². The topological polar surface area (TPSA) is 61.6 Å². The third-order valence-corrected chi connectivity index (χ3v) is 5.04. The molecule has 0 bridgehead atoms. The van der Waals surface area contributed by atoms with E-state index >= 15 is 0 Å². The van der Waals surface area contributed by atoms with E-state index in [1.807, 2.05) is 44.2 Å². The van der Waals surface area contributed by atoms with Gasteiger partial charge in [-0.15, -0.1) is 0 Å². The Kier molecular flexibility index (Phi) is 5.88. The predicted octanol–water partition coefficient (Wildman–Crippen LogP) is 2.89. The lowest BCUT2D eigenvalue weighted by Gasteiger charge is -2.37. The van der Waals surface area contributed by atoms with Gasteiger partial charge in [0.2, 0.25) is 5.91 Å². The maximum absolute atomic E-state index is 12.5. The molecule has 1 aliphatic rings. The lowest BCUT2D eigenvalue weighted by atomic mass is 10.2. The predicted molar refractivity (Wildman–Crippen MR) is 100 cm³/mol. The largest absolute Gasteiger partial charge is 0.361 e. The summed E-state index contributed by atoms with van der Waals surface area (Å²) < 4.78 is 6.12. The first-order chi connectivity index (χ1) is 12.0. The van der Waals surface area contributed by atoms with Gasteiger partial charge in [0.05, 0.1) is 11.7 Å². The number of anilines is 1. The first kappa shape index (κ1) is 18.1. The van der Waals surface area contributed by atoms with Crippen molar-refractivity contribution in [3.05, 3.63) is 46.3 Å². The molecule has 0 unspecified atom stereocenters. The number of nitrogens with zero attached hydrogens (tertiary/aromatic N) is 3. The Morgan fingerprint density at radius 1 is 1.28 bits per heavy atom. The van der Waals surface area contributed by atoms with Crippen molar-refractivity contribution in [2.45, 2.75) is 26.4 Å². The number of piperazine rings is 1. The molecule has 3 rings (SSSR count). The van der Waals surface area contributed by atoms with E-state index in [-0.39, 0.29) is 11.9 Å². The second kappa shape index (κ2) is 8.12. The van der Waals surface area contributed by atoms with Crippen LogP contribution in [0.5, 0.6) is 0 Å². The second-order valence-electron chi connectivity index (χ2n) is 6.41. The van der Waals surface area contributed by atoms with E-state index in [4.69, 9.17) is 4.52 Å². The van der Waals surface area contributed by atoms with Gasteiger partial charge in [0.1, 0.15) is 5.76 Å². The maximum atomic E-state index is 12.5. The van der Waals surface area contributed by atoms with Crippen molar-refractivity contribution in [3.8, 4) is 0 Å². The van der Waals surface area contributed by atoms with E-state index < -0.39 is 0 Å². The Hall–Kier alpha value is -1.70. The van der Waals surface area contributed by atoms with Crippen molar-refractivity contribution in [2.75, 3.05) is 31.5 Å². The fourth-order valence-electron chi connectivity index (χ4n) is 2.98. The number of rotatable bonds is 5. The molecule has 25 heavy (non-hydrogen) atoms. The zero-order valence-corrected chi connectivity index (χ0v) is 16.1. The van der Waals surface area contributed by atoms with Crippen molar-refractivity contribution in [1.82, 2.24) is 15.0 Å². The van der Waals surface area contributed by atoms with Crippen LogP contribution in [0.25, 0.3) is 0 Å². The zero-order chi connectivity index (χ0) is 17.8. The van der Waals surface area contributed by atoms with E-state index in [2.05, 4.69) is 36.2 Å². The van der Waals surface area contributed by atoms with Gasteiger partial charge in [0, 0.05) is 49.0 Å². The highest BCUT2D eigenvalue weighted by Crippen LogP contribution is 2.16. The summed E-state index contributed by atoms with van der Waals surface area (Å²) in [6, 6.07) is 9.45. The van der Waals surface area contributed by atoms with Gasteiger partial charge < -0.3 is 9.84 Å². The molecule has 1 atom stereocenters. The number of carbonyl (C=O) groups is 1. The Balaban J connectivity index is 1.48. The third-order valence-electron chi connectivity index (χ3n) is 4.51. The van der Waals surface area contributed by atoms with E-state index in [1.54, 1.807) is 0 Å². The van der Waals surface area contributed by atoms with Gasteiger partial charge in [0.15, 0.2) is 0 Å². The van der Waals surface area contributed by atoms with Gasteiger partial charge in [-0.05, 0) is 38.1 Å². The lowest BCUT2D eigenvalue weighted by molar-refractivity contribution is -0.121. The van der Waals surface area contributed by atoms with Crippen LogP contribution in [0, 0.1) is 6.92 Å². The molecule has 1 fully saturated rings. The van der Waals surface area contributed by atoms with Crippen molar-refractivity contribution >= 4 is 27.5 Å². The van der Waals surface area contributed by atoms with E-state index in [0.29, 0.717) is 0 Å². The molecule has 6 nitrogen and oxygen atoms in total. The quantitative estimate of drug-likeness (QED) is 0.826. The van der Waals surface area contributed by atoms with E-state index in [0.717, 1.165) is 54.3 Å². The first-order valence-electron chi connectivity index (χ1n) is 8.46. The molecule has 1 aliphatic heterocycles. The first-order valence-corrected chi connectivity index (χ1v) is 9.25. The lowest BCUT2D eigenvalue weighted by Crippen LogP contribution is -2.52. The fourth-order valence-corrected chi connectivity index (χ4v) is 3.24. The highest BCUT2D eigenvalue weighted by molar-refractivity contribution is 9.10. The molecule has 0 saturated carbocycles. The molecule has 134 valence electrons. The van der Waals surface area contributed by atoms with Crippen LogP contribution in [0.3, 0.4) is 0 Å². The number of aryl methyl sites for hydroxylation is 1. The summed E-state index contributed by atoms with van der Waals surface area (Å²) >= 11 is 3.40. The van der Waals surface area contributed by atoms with Gasteiger partial charge >= 0.3 is 0 Å². The summed E-state index contributed by atoms with van der Waals surface area (Å²) in [6.45, 7) is 8.23. The van der Waals surface area contributed by atoms with Crippen molar-refractivity contribution in [1.29, 1.82) is 0 Å². The molecule has 1 aromatic carbocycles. The monoisotopic (exact) mass is 406 g/mol. The van der Waals surface area contributed by atoms with E-state index in [1.165, 1.54) is 0 Å². The number of amides is 1. The zero-order valence-electron chi connectivity index (χ0n) is 14.5. The number of aromatic nitrogens is 1. The van der Waals surface area contributed by atoms with Crippen LogP contribution in [0.2, 0.25) is 0 Å². The molecular weight excluding hydrogens is 384 g/mol. The number of hydrogen-bond donors (Lipinski definition) is 1. The van der Waals surface area contributed by atoms with Crippen LogP contribution >= 0.6 is 15.9 Å². The van der Waals surface area contributed by atoms with Crippen LogP contribution < -0.4 is 5.32 Å². The summed E-state index contributed by atoms with van der Waals surface area (Å²) in [5.74, 6) is 0.870. The normalized spacial score (nSPS) is 17.4. The third kappa shape index (κ3) is 4.90. The molecular formula is C18H23BrN4O2. The van der Waals surface area contributed by atoms with Crippen molar-refractivity contribution in [2.24, 2.45) is 0 Å². The van der Waals surface area contributed by atoms with Crippen molar-refractivity contribution in [3.63, 3.8) is 0 Å². The molecule has 1 amide bonds. The molecule has 0 radical (unpaired) electrons. The molecule has 1 saturated heterocycles. The van der Waals surface area contributed by atoms with Gasteiger partial charge in [0.25, 0.3) is 0 Å². The summed E-state index contributed by atoms with van der Waals surface area (Å²) in [5, 5.41) is 7.03. The Bertz CT molecular complexity index is 708. The number of nitrogens with one attached hydrogen (secondary N) is 1. The molecule has 2 aromatic rings. The number of halogens is 1. The van der Waals surface area contributed by atoms with Crippen LogP contribution in [-0.2, 0) is 11.3 Å². The van der Waals surface area contributed by atoms with Crippen LogP contribution in [-0.4, -0.2) is 53.1 Å². The number of carbonyl (C=O) groups excluding carboxylic acids is 1. The molecule has 0 spiro atoms. The summed E-state index contributed by atoms with van der Waals surface area (Å²) in [7, 11) is 0. The summed E-state index contributed by atoms with van der Waals surface area (Å²) in [6.07, 6.45) is 0. The van der Waals surface area contributed by atoms with Gasteiger partial charge in [-0.2, -0.15) is 0 Å². The maximum Gasteiger partial charge on any atom is 0.241 e. The standard InChI is InChI=1S/C18H23BrN4O2/c1-13-11-17(21-25-13)12-22-7-9-23(10-8-22)14(2)18(24)20-16-5-3-15(19)4-6-16/h3-6,11,14H,7-10,12H2,1-2H3,(H,20,24)/t14-/m0/s1. The average molecular weight is 407 g/mol. The van der Waals surface area contributed by atoms with E-state index in [9.17, 15) is 4.79 Å². The van der Waals surface area contributed by atoms with Gasteiger partial charge in [-0.25, -0.2) is 0 Å². The molecule has 2 heterocycles. The highest BCUT2D eigenvalue weighted by Gasteiger charge is 2.26. The van der Waals surface area contributed by atoms with Crippen LogP contribution in [0.1, 0.15) is 18.4 Å². The van der Waals surface area contributed by atoms with Crippen LogP contribution in [0.15, 0.2) is 39.3 Å². The molecule has 1 aromatic heterocycles. The Morgan fingerprint density at radius 3 is 2.56 bits per heavy atom. The minimum absolute atomic E-state index is 0.0305. The van der Waals surface area contributed by atoms with Crippen LogP contribution in [0.4, 0.5) is 5.69 Å². The second-order valence-corrected chi connectivity index (χ2v) is 7.33. The molecule has 0 aliphatic carbocycles. The smallest absolute Gasteiger partial charge is 0.241 e. The number of hydrogen-bond acceptors (Lipinski definition) is 5. The SMILES string of the molecule is Cc1cc(CN2CCN([C@@H](C)C(=O)Nc3ccc(Br)cc3)CC2)no1. The Morgan fingerprint density at radius 2 is 1.96 bits per heavy atom. The molecule has 7 heteroatoms. The van der Waals surface area contributed by atoms with Crippen molar-refractivity contribution < 1.29 is 9.32 Å². The minimum atomic E-state index is -0.153. The minimum Gasteiger partial charge on any atom is -0.361 e. The highest BCUT2D eigenvalue weighted by atomic mass is 79.9. The average Bonchev–Trinajstić information content (AvgIpc) is 3.02.